The van der Waals surface area contributed by atoms with Crippen molar-refractivity contribution < 1.29 is 9.59 Å². The maximum Gasteiger partial charge on any atom is 0.257 e. The highest BCUT2D eigenvalue weighted by atomic mass is 16.2. The van der Waals surface area contributed by atoms with Gasteiger partial charge in [-0.25, -0.2) is 0 Å². The first-order chi connectivity index (χ1) is 13.6. The van der Waals surface area contributed by atoms with Gasteiger partial charge in [-0.1, -0.05) is 25.5 Å². The Bertz CT molecular complexity index is 908. The molecule has 146 valence electrons. The lowest BCUT2D eigenvalue weighted by atomic mass is 10.0. The van der Waals surface area contributed by atoms with Gasteiger partial charge in [-0.3, -0.25) is 9.59 Å². The summed E-state index contributed by atoms with van der Waals surface area (Å²) in [6.07, 6.45) is 5.33. The van der Waals surface area contributed by atoms with Gasteiger partial charge in [0.15, 0.2) is 0 Å². The highest BCUT2D eigenvalue weighted by molar-refractivity contribution is 6.08. The van der Waals surface area contributed by atoms with E-state index in [1.165, 1.54) is 5.56 Å². The molecule has 0 aliphatic carbocycles. The predicted molar refractivity (Wildman–Crippen MR) is 112 cm³/mol. The summed E-state index contributed by atoms with van der Waals surface area (Å²) in [5, 5.41) is 2.98. The van der Waals surface area contributed by atoms with Gasteiger partial charge in [0, 0.05) is 24.8 Å². The Morgan fingerprint density at radius 3 is 2.82 bits per heavy atom. The smallest absolute Gasteiger partial charge is 0.257 e. The average molecular weight is 377 g/mol. The molecule has 1 atom stereocenters. The summed E-state index contributed by atoms with van der Waals surface area (Å²) in [7, 11) is 2.03. The van der Waals surface area contributed by atoms with Crippen LogP contribution in [-0.2, 0) is 6.42 Å². The molecular formula is C23H27N3O2. The van der Waals surface area contributed by atoms with E-state index in [1.54, 1.807) is 12.1 Å². The van der Waals surface area contributed by atoms with Crippen molar-refractivity contribution in [1.82, 2.24) is 4.90 Å². The summed E-state index contributed by atoms with van der Waals surface area (Å²) in [5.41, 5.74) is 4.08. The van der Waals surface area contributed by atoms with Crippen LogP contribution in [0.5, 0.6) is 0 Å². The van der Waals surface area contributed by atoms with E-state index in [-0.39, 0.29) is 18.0 Å². The number of hydrogen-bond acceptors (Lipinski definition) is 3. The van der Waals surface area contributed by atoms with Gasteiger partial charge in [0.1, 0.15) is 6.17 Å². The fourth-order valence-corrected chi connectivity index (χ4v) is 4.26. The Hall–Kier alpha value is -2.82. The zero-order chi connectivity index (χ0) is 19.7. The van der Waals surface area contributed by atoms with Crippen molar-refractivity contribution in [2.24, 2.45) is 0 Å². The first-order valence-electron chi connectivity index (χ1n) is 10.2. The quantitative estimate of drug-likeness (QED) is 0.868. The third-order valence-corrected chi connectivity index (χ3v) is 5.89. The second-order valence-corrected chi connectivity index (χ2v) is 7.68. The van der Waals surface area contributed by atoms with Crippen molar-refractivity contribution in [2.75, 3.05) is 23.8 Å². The van der Waals surface area contributed by atoms with Crippen LogP contribution in [0.25, 0.3) is 0 Å². The fraction of sp³-hybridized carbons (Fsp3) is 0.391. The zero-order valence-electron chi connectivity index (χ0n) is 16.6. The van der Waals surface area contributed by atoms with Crippen LogP contribution in [0.2, 0.25) is 0 Å². The Labute approximate surface area is 166 Å². The number of rotatable bonds is 3. The second-order valence-electron chi connectivity index (χ2n) is 7.68. The summed E-state index contributed by atoms with van der Waals surface area (Å²) in [6.45, 7) is 2.90. The lowest BCUT2D eigenvalue weighted by Gasteiger charge is -2.43. The van der Waals surface area contributed by atoms with E-state index in [9.17, 15) is 9.59 Å². The van der Waals surface area contributed by atoms with Gasteiger partial charge in [-0.15, -0.1) is 0 Å². The van der Waals surface area contributed by atoms with Crippen LogP contribution in [0.15, 0.2) is 42.5 Å². The van der Waals surface area contributed by atoms with Gasteiger partial charge in [-0.05, 0) is 61.6 Å². The molecule has 2 aromatic carbocycles. The fourth-order valence-electron chi connectivity index (χ4n) is 4.26. The predicted octanol–water partition coefficient (Wildman–Crippen LogP) is 4.29. The molecule has 2 heterocycles. The minimum absolute atomic E-state index is 0.0852. The van der Waals surface area contributed by atoms with Crippen molar-refractivity contribution in [3.63, 3.8) is 0 Å². The molecule has 0 radical (unpaired) electrons. The van der Waals surface area contributed by atoms with Crippen molar-refractivity contribution in [2.45, 2.75) is 45.2 Å². The molecule has 1 fully saturated rings. The summed E-state index contributed by atoms with van der Waals surface area (Å²) in [6, 6.07) is 13.3. The minimum Gasteiger partial charge on any atom is -0.354 e. The van der Waals surface area contributed by atoms with E-state index in [2.05, 4.69) is 17.1 Å². The second kappa shape index (κ2) is 7.66. The van der Waals surface area contributed by atoms with Gasteiger partial charge in [0.05, 0.1) is 11.3 Å². The van der Waals surface area contributed by atoms with Gasteiger partial charge in [0.25, 0.3) is 11.8 Å². The van der Waals surface area contributed by atoms with Gasteiger partial charge in [-0.2, -0.15) is 0 Å². The normalized spacial score (nSPS) is 18.9. The molecule has 1 N–H and O–H groups in total. The number of carbonyl (C=O) groups excluding carboxylic acids is 2. The van der Waals surface area contributed by atoms with Crippen molar-refractivity contribution in [1.29, 1.82) is 0 Å². The number of nitrogens with one attached hydrogen (secondary N) is 1. The van der Waals surface area contributed by atoms with Crippen LogP contribution in [0.3, 0.4) is 0 Å². The molecule has 2 aromatic rings. The van der Waals surface area contributed by atoms with Crippen LogP contribution in [0.4, 0.5) is 11.4 Å². The van der Waals surface area contributed by atoms with Crippen LogP contribution in [-0.4, -0.2) is 36.5 Å². The van der Waals surface area contributed by atoms with E-state index in [4.69, 9.17) is 0 Å². The Morgan fingerprint density at radius 1 is 1.14 bits per heavy atom. The number of amides is 2. The van der Waals surface area contributed by atoms with E-state index < -0.39 is 0 Å². The standard InChI is InChI=1S/C23H27N3O2/c1-3-16-8-7-9-18(14-16)24-22(27)17-11-12-19-20(15-17)25(2)21-10-5-4-6-13-26(21)23(19)28/h7-9,11-12,14-15,21H,3-6,10,13H2,1-2H3,(H,24,27)/t21-/m0/s1. The molecule has 5 heteroatoms. The molecule has 0 unspecified atom stereocenters. The zero-order valence-corrected chi connectivity index (χ0v) is 16.6. The van der Waals surface area contributed by atoms with Crippen LogP contribution < -0.4 is 10.2 Å². The first kappa shape index (κ1) is 18.5. The van der Waals surface area contributed by atoms with Crippen LogP contribution in [0, 0.1) is 0 Å². The third-order valence-electron chi connectivity index (χ3n) is 5.89. The average Bonchev–Trinajstić information content (AvgIpc) is 2.98. The lowest BCUT2D eigenvalue weighted by Crippen LogP contribution is -2.53. The molecule has 0 aromatic heterocycles. The van der Waals surface area contributed by atoms with E-state index in [0.717, 1.165) is 50.0 Å². The SMILES string of the molecule is CCc1cccc(NC(=O)c2ccc3c(c2)N(C)[C@@H]2CCCCCN2C3=O)c1. The van der Waals surface area contributed by atoms with Gasteiger partial charge < -0.3 is 15.1 Å². The molecular weight excluding hydrogens is 350 g/mol. The van der Waals surface area contributed by atoms with E-state index in [0.29, 0.717) is 11.1 Å². The molecule has 0 saturated carbocycles. The monoisotopic (exact) mass is 377 g/mol. The van der Waals surface area contributed by atoms with Crippen LogP contribution >= 0.6 is 0 Å². The van der Waals surface area contributed by atoms with Crippen molar-refractivity contribution >= 4 is 23.2 Å². The number of nitrogens with zero attached hydrogens (tertiary/aromatic N) is 2. The highest BCUT2D eigenvalue weighted by Gasteiger charge is 2.36. The molecule has 2 aliphatic rings. The topological polar surface area (TPSA) is 52.7 Å². The molecule has 0 bridgehead atoms. The summed E-state index contributed by atoms with van der Waals surface area (Å²) in [4.78, 5) is 29.9. The summed E-state index contributed by atoms with van der Waals surface area (Å²) >= 11 is 0. The molecule has 28 heavy (non-hydrogen) atoms. The first-order valence-corrected chi connectivity index (χ1v) is 10.2. The minimum atomic E-state index is -0.153. The Balaban J connectivity index is 1.61. The number of aryl methyl sites for hydroxylation is 1. The maximum atomic E-state index is 13.0. The highest BCUT2D eigenvalue weighted by Crippen LogP contribution is 2.34. The lowest BCUT2D eigenvalue weighted by molar-refractivity contribution is 0.0661. The van der Waals surface area contributed by atoms with E-state index >= 15 is 0 Å². The number of hydrogen-bond donors (Lipinski definition) is 1. The molecule has 0 spiro atoms. The summed E-state index contributed by atoms with van der Waals surface area (Å²) in [5.74, 6) is -0.0668. The maximum absolute atomic E-state index is 13.0. The Morgan fingerprint density at radius 2 is 2.00 bits per heavy atom. The largest absolute Gasteiger partial charge is 0.354 e. The molecule has 5 nitrogen and oxygen atoms in total. The van der Waals surface area contributed by atoms with Gasteiger partial charge >= 0.3 is 0 Å². The number of fused-ring (bicyclic) bond motifs is 2. The van der Waals surface area contributed by atoms with Crippen molar-refractivity contribution in [3.05, 3.63) is 59.2 Å². The number of benzene rings is 2. The third kappa shape index (κ3) is 3.37. The van der Waals surface area contributed by atoms with Crippen LogP contribution in [0.1, 0.15) is 58.9 Å². The molecule has 1 saturated heterocycles. The number of anilines is 2. The Kier molecular flexibility index (Phi) is 5.07. The molecule has 4 rings (SSSR count). The summed E-state index contributed by atoms with van der Waals surface area (Å²) < 4.78 is 0. The van der Waals surface area contributed by atoms with Gasteiger partial charge in [0.2, 0.25) is 0 Å². The van der Waals surface area contributed by atoms with E-state index in [1.807, 2.05) is 42.3 Å². The van der Waals surface area contributed by atoms with Crippen molar-refractivity contribution in [3.8, 4) is 0 Å². The molecule has 2 aliphatic heterocycles. The molecule has 2 amide bonds. The number of carbonyl (C=O) groups is 2.